The van der Waals surface area contributed by atoms with Crippen LogP contribution in [-0.4, -0.2) is 14.8 Å². The minimum atomic E-state index is 0.0512. The highest BCUT2D eigenvalue weighted by molar-refractivity contribution is 5.31. The molecule has 5 nitrogen and oxygen atoms in total. The van der Waals surface area contributed by atoms with Gasteiger partial charge in [0, 0.05) is 25.1 Å². The number of rotatable bonds is 4. The van der Waals surface area contributed by atoms with Gasteiger partial charge in [-0.15, -0.1) is 0 Å². The minimum absolute atomic E-state index is 0.0512. The molecule has 0 radical (unpaired) electrons. The van der Waals surface area contributed by atoms with E-state index < -0.39 is 0 Å². The fourth-order valence-electron chi connectivity index (χ4n) is 2.42. The average Bonchev–Trinajstić information content (AvgIpc) is 2.63. The summed E-state index contributed by atoms with van der Waals surface area (Å²) < 4.78 is 1.91. The Morgan fingerprint density at radius 1 is 1.37 bits per heavy atom. The maximum atomic E-state index is 5.72. The molecule has 2 heterocycles. The summed E-state index contributed by atoms with van der Waals surface area (Å²) in [4.78, 5) is 4.19. The van der Waals surface area contributed by atoms with Crippen LogP contribution in [0.1, 0.15) is 34.1 Å². The molecule has 0 aliphatic rings. The Kier molecular flexibility index (Phi) is 3.97. The summed E-state index contributed by atoms with van der Waals surface area (Å²) >= 11 is 0. The van der Waals surface area contributed by atoms with E-state index >= 15 is 0 Å². The van der Waals surface area contributed by atoms with Gasteiger partial charge in [-0.3, -0.25) is 20.9 Å². The van der Waals surface area contributed by atoms with Crippen LogP contribution in [0.4, 0.5) is 0 Å². The summed E-state index contributed by atoms with van der Waals surface area (Å²) in [7, 11) is 1.96. The number of pyridine rings is 1. The third-order valence-electron chi connectivity index (χ3n) is 3.72. The first kappa shape index (κ1) is 13.7. The average molecular weight is 259 g/mol. The molecule has 0 saturated heterocycles. The summed E-state index contributed by atoms with van der Waals surface area (Å²) in [6.07, 6.45) is 4.49. The van der Waals surface area contributed by atoms with E-state index in [1.165, 1.54) is 16.8 Å². The van der Waals surface area contributed by atoms with Crippen molar-refractivity contribution in [3.63, 3.8) is 0 Å². The largest absolute Gasteiger partial charge is 0.272 e. The monoisotopic (exact) mass is 259 g/mol. The van der Waals surface area contributed by atoms with Crippen molar-refractivity contribution >= 4 is 0 Å². The zero-order valence-electron chi connectivity index (χ0n) is 11.9. The van der Waals surface area contributed by atoms with Crippen LogP contribution in [0.5, 0.6) is 0 Å². The van der Waals surface area contributed by atoms with Gasteiger partial charge in [0.15, 0.2) is 0 Å². The molecule has 0 fully saturated rings. The van der Waals surface area contributed by atoms with Gasteiger partial charge in [-0.25, -0.2) is 0 Å². The zero-order chi connectivity index (χ0) is 14.0. The van der Waals surface area contributed by atoms with Crippen LogP contribution in [-0.2, 0) is 13.5 Å². The molecule has 0 amide bonds. The molecule has 2 aromatic heterocycles. The molecule has 0 saturated carbocycles. The van der Waals surface area contributed by atoms with Gasteiger partial charge >= 0.3 is 0 Å². The van der Waals surface area contributed by atoms with E-state index in [-0.39, 0.29) is 6.04 Å². The SMILES string of the molecule is Cc1ccncc1C(Cc1c(C)nn(C)c1C)NN. The number of nitrogens with zero attached hydrogens (tertiary/aromatic N) is 3. The van der Waals surface area contributed by atoms with Crippen molar-refractivity contribution in [1.82, 2.24) is 20.2 Å². The third-order valence-corrected chi connectivity index (χ3v) is 3.72. The summed E-state index contributed by atoms with van der Waals surface area (Å²) in [5.41, 5.74) is 8.70. The van der Waals surface area contributed by atoms with Crippen LogP contribution < -0.4 is 11.3 Å². The molecule has 1 unspecified atom stereocenters. The molecule has 19 heavy (non-hydrogen) atoms. The Morgan fingerprint density at radius 2 is 2.11 bits per heavy atom. The fraction of sp³-hybridized carbons (Fsp3) is 0.429. The van der Waals surface area contributed by atoms with Crippen LogP contribution >= 0.6 is 0 Å². The minimum Gasteiger partial charge on any atom is -0.272 e. The summed E-state index contributed by atoms with van der Waals surface area (Å²) in [6, 6.07) is 2.05. The lowest BCUT2D eigenvalue weighted by atomic mass is 9.96. The smallest absolute Gasteiger partial charge is 0.0629 e. The normalized spacial score (nSPS) is 12.7. The number of aryl methyl sites for hydroxylation is 3. The predicted molar refractivity (Wildman–Crippen MR) is 75.4 cm³/mol. The number of nitrogens with two attached hydrogens (primary N) is 1. The van der Waals surface area contributed by atoms with Crippen molar-refractivity contribution in [3.05, 3.63) is 46.5 Å². The van der Waals surface area contributed by atoms with Crippen molar-refractivity contribution in [2.45, 2.75) is 33.2 Å². The lowest BCUT2D eigenvalue weighted by molar-refractivity contribution is 0.545. The summed E-state index contributed by atoms with van der Waals surface area (Å²) in [5, 5.41) is 4.45. The Hall–Kier alpha value is -1.72. The first-order valence-corrected chi connectivity index (χ1v) is 6.40. The van der Waals surface area contributed by atoms with E-state index in [0.717, 1.165) is 17.7 Å². The third kappa shape index (κ3) is 2.67. The molecule has 0 aliphatic carbocycles. The number of aromatic nitrogens is 3. The second-order valence-electron chi connectivity index (χ2n) is 4.93. The summed E-state index contributed by atoms with van der Waals surface area (Å²) in [5.74, 6) is 5.72. The number of hydrazine groups is 1. The van der Waals surface area contributed by atoms with Gasteiger partial charge in [0.1, 0.15) is 0 Å². The lowest BCUT2D eigenvalue weighted by Gasteiger charge is -2.18. The molecular weight excluding hydrogens is 238 g/mol. The van der Waals surface area contributed by atoms with E-state index in [4.69, 9.17) is 5.84 Å². The van der Waals surface area contributed by atoms with E-state index in [2.05, 4.69) is 29.4 Å². The van der Waals surface area contributed by atoms with Crippen LogP contribution in [0, 0.1) is 20.8 Å². The van der Waals surface area contributed by atoms with Crippen LogP contribution in [0.25, 0.3) is 0 Å². The first-order chi connectivity index (χ1) is 9.04. The van der Waals surface area contributed by atoms with Gasteiger partial charge in [-0.05, 0) is 49.9 Å². The van der Waals surface area contributed by atoms with Gasteiger partial charge < -0.3 is 0 Å². The molecule has 0 bridgehead atoms. The van der Waals surface area contributed by atoms with Gasteiger partial charge in [0.05, 0.1) is 11.7 Å². The first-order valence-electron chi connectivity index (χ1n) is 6.40. The maximum absolute atomic E-state index is 5.72. The van der Waals surface area contributed by atoms with Gasteiger partial charge in [-0.2, -0.15) is 5.10 Å². The number of hydrogen-bond donors (Lipinski definition) is 2. The van der Waals surface area contributed by atoms with Crippen LogP contribution in [0.2, 0.25) is 0 Å². The quantitative estimate of drug-likeness (QED) is 0.645. The molecule has 0 spiro atoms. The van der Waals surface area contributed by atoms with E-state index in [9.17, 15) is 0 Å². The predicted octanol–water partition coefficient (Wildman–Crippen LogP) is 1.49. The number of hydrogen-bond acceptors (Lipinski definition) is 4. The Morgan fingerprint density at radius 3 is 2.63 bits per heavy atom. The van der Waals surface area contributed by atoms with Crippen molar-refractivity contribution in [3.8, 4) is 0 Å². The highest BCUT2D eigenvalue weighted by Crippen LogP contribution is 2.23. The van der Waals surface area contributed by atoms with Crippen molar-refractivity contribution < 1.29 is 0 Å². The molecule has 102 valence electrons. The van der Waals surface area contributed by atoms with Gasteiger partial charge in [0.2, 0.25) is 0 Å². The standard InChI is InChI=1S/C14H21N5/c1-9-5-6-16-8-13(9)14(17-15)7-12-10(2)18-19(4)11(12)3/h5-6,8,14,17H,7,15H2,1-4H3. The van der Waals surface area contributed by atoms with Crippen molar-refractivity contribution in [2.75, 3.05) is 0 Å². The van der Waals surface area contributed by atoms with Gasteiger partial charge in [-0.1, -0.05) is 0 Å². The molecule has 2 aromatic rings. The molecule has 2 rings (SSSR count). The van der Waals surface area contributed by atoms with E-state index in [0.29, 0.717) is 0 Å². The Balaban J connectivity index is 2.32. The second kappa shape index (κ2) is 5.50. The molecular formula is C14H21N5. The number of nitrogens with one attached hydrogen (secondary N) is 1. The Labute approximate surface area is 113 Å². The fourth-order valence-corrected chi connectivity index (χ4v) is 2.42. The van der Waals surface area contributed by atoms with Crippen LogP contribution in [0.15, 0.2) is 18.5 Å². The summed E-state index contributed by atoms with van der Waals surface area (Å²) in [6.45, 7) is 6.19. The molecule has 0 aromatic carbocycles. The molecule has 0 aliphatic heterocycles. The topological polar surface area (TPSA) is 68.8 Å². The van der Waals surface area contributed by atoms with Crippen LogP contribution in [0.3, 0.4) is 0 Å². The molecule has 3 N–H and O–H groups in total. The second-order valence-corrected chi connectivity index (χ2v) is 4.93. The lowest BCUT2D eigenvalue weighted by Crippen LogP contribution is -2.30. The molecule has 1 atom stereocenters. The highest BCUT2D eigenvalue weighted by Gasteiger charge is 2.18. The van der Waals surface area contributed by atoms with E-state index in [1.54, 1.807) is 6.20 Å². The highest BCUT2D eigenvalue weighted by atomic mass is 15.3. The maximum Gasteiger partial charge on any atom is 0.0629 e. The molecule has 5 heteroatoms. The Bertz CT molecular complexity index is 573. The van der Waals surface area contributed by atoms with Crippen molar-refractivity contribution in [2.24, 2.45) is 12.9 Å². The van der Waals surface area contributed by atoms with E-state index in [1.807, 2.05) is 30.9 Å². The van der Waals surface area contributed by atoms with Crippen molar-refractivity contribution in [1.29, 1.82) is 0 Å². The zero-order valence-corrected chi connectivity index (χ0v) is 11.9. The van der Waals surface area contributed by atoms with Gasteiger partial charge in [0.25, 0.3) is 0 Å².